The number of carbonyl (C=O) groups is 2. The molecule has 0 aromatic rings. The van der Waals surface area contributed by atoms with E-state index in [9.17, 15) is 13.8 Å². The van der Waals surface area contributed by atoms with E-state index in [1.54, 1.807) is 0 Å². The smallest absolute Gasteiger partial charge is 0.304 e. The lowest BCUT2D eigenvalue weighted by Gasteiger charge is -2.24. The van der Waals surface area contributed by atoms with Crippen molar-refractivity contribution in [1.82, 2.24) is 5.32 Å². The highest BCUT2D eigenvalue weighted by atomic mass is 32.2. The summed E-state index contributed by atoms with van der Waals surface area (Å²) in [6.07, 6.45) is 0.609. The van der Waals surface area contributed by atoms with Crippen LogP contribution >= 0.6 is 0 Å². The molecule has 0 saturated heterocycles. The maximum Gasteiger partial charge on any atom is 0.304 e. The summed E-state index contributed by atoms with van der Waals surface area (Å²) in [5.41, 5.74) is -0.311. The van der Waals surface area contributed by atoms with E-state index in [-0.39, 0.29) is 29.4 Å². The summed E-state index contributed by atoms with van der Waals surface area (Å²) in [6, 6.07) is 0. The molecule has 2 N–H and O–H groups in total. The summed E-state index contributed by atoms with van der Waals surface area (Å²) >= 11 is 0. The van der Waals surface area contributed by atoms with Crippen molar-refractivity contribution in [2.24, 2.45) is 0 Å². The van der Waals surface area contributed by atoms with Gasteiger partial charge in [-0.05, 0) is 20.3 Å². The second-order valence-corrected chi connectivity index (χ2v) is 5.79. The van der Waals surface area contributed by atoms with Crippen LogP contribution in [0.4, 0.5) is 0 Å². The minimum atomic E-state index is -1.40. The van der Waals surface area contributed by atoms with Gasteiger partial charge in [-0.1, -0.05) is 6.92 Å². The zero-order valence-electron chi connectivity index (χ0n) is 9.91. The van der Waals surface area contributed by atoms with Gasteiger partial charge < -0.3 is 10.4 Å². The van der Waals surface area contributed by atoms with Gasteiger partial charge in [-0.3, -0.25) is 13.8 Å². The largest absolute Gasteiger partial charge is 0.481 e. The number of hydrogen-bond acceptors (Lipinski definition) is 3. The number of rotatable bonds is 7. The van der Waals surface area contributed by atoms with Gasteiger partial charge in [0.2, 0.25) is 5.91 Å². The summed E-state index contributed by atoms with van der Waals surface area (Å²) in [7, 11) is -1.40. The van der Waals surface area contributed by atoms with E-state index in [4.69, 9.17) is 5.11 Å². The zero-order valence-corrected chi connectivity index (χ0v) is 10.7. The molecule has 1 unspecified atom stereocenters. The lowest BCUT2D eigenvalue weighted by molar-refractivity contribution is -0.136. The number of hydrogen-bond donors (Lipinski definition) is 2. The number of carbonyl (C=O) groups excluding carboxylic acids is 1. The first kappa shape index (κ1) is 15.1. The molecule has 0 spiro atoms. The van der Waals surface area contributed by atoms with Crippen molar-refractivity contribution < 1.29 is 18.9 Å². The zero-order chi connectivity index (χ0) is 12.8. The van der Waals surface area contributed by atoms with Gasteiger partial charge >= 0.3 is 5.97 Å². The van der Waals surface area contributed by atoms with Gasteiger partial charge in [-0.2, -0.15) is 0 Å². The molecule has 0 saturated carbocycles. The molecule has 0 radical (unpaired) electrons. The van der Waals surface area contributed by atoms with Gasteiger partial charge in [-0.25, -0.2) is 0 Å². The van der Waals surface area contributed by atoms with Crippen LogP contribution in [0.25, 0.3) is 0 Å². The minimum absolute atomic E-state index is 0.0231. The number of nitrogens with one attached hydrogen (secondary N) is 1. The van der Waals surface area contributed by atoms with Crippen LogP contribution in [0, 0.1) is 0 Å². The summed E-state index contributed by atoms with van der Waals surface area (Å²) in [4.78, 5) is 21.7. The first-order chi connectivity index (χ1) is 7.26. The van der Waals surface area contributed by atoms with Crippen LogP contribution in [0.5, 0.6) is 0 Å². The SMILES string of the molecule is CCC(C)(C)NC(=O)CS(=O)CCC(=O)O. The standard InChI is InChI=1S/C10H19NO4S/c1-4-10(2,3)11-8(12)7-16(15)6-5-9(13)14/h4-7H2,1-3H3,(H,11,12)(H,13,14). The summed E-state index contributed by atoms with van der Waals surface area (Å²) in [5, 5.41) is 11.1. The van der Waals surface area contributed by atoms with E-state index in [1.807, 2.05) is 20.8 Å². The highest BCUT2D eigenvalue weighted by Crippen LogP contribution is 2.06. The molecule has 0 fully saturated rings. The summed E-state index contributed by atoms with van der Waals surface area (Å²) in [6.45, 7) is 5.71. The van der Waals surface area contributed by atoms with Gasteiger partial charge in [0.05, 0.1) is 6.42 Å². The fraction of sp³-hybridized carbons (Fsp3) is 0.800. The molecular weight excluding hydrogens is 230 g/mol. The van der Waals surface area contributed by atoms with Crippen molar-refractivity contribution in [3.8, 4) is 0 Å². The molecule has 0 bridgehead atoms. The van der Waals surface area contributed by atoms with Gasteiger partial charge in [-0.15, -0.1) is 0 Å². The third-order valence-electron chi connectivity index (χ3n) is 2.20. The van der Waals surface area contributed by atoms with E-state index in [0.717, 1.165) is 6.42 Å². The second kappa shape index (κ2) is 6.62. The number of aliphatic carboxylic acids is 1. The number of amides is 1. The van der Waals surface area contributed by atoms with Crippen LogP contribution in [0.2, 0.25) is 0 Å². The first-order valence-corrected chi connectivity index (χ1v) is 6.63. The van der Waals surface area contributed by atoms with Crippen LogP contribution < -0.4 is 5.32 Å². The van der Waals surface area contributed by atoms with E-state index in [0.29, 0.717) is 0 Å². The fourth-order valence-corrected chi connectivity index (χ4v) is 1.83. The molecule has 1 amide bonds. The fourth-order valence-electron chi connectivity index (χ4n) is 0.921. The van der Waals surface area contributed by atoms with Gasteiger partial charge in [0.15, 0.2) is 0 Å². The second-order valence-electron chi connectivity index (χ2n) is 4.22. The Kier molecular flexibility index (Phi) is 6.25. The highest BCUT2D eigenvalue weighted by molar-refractivity contribution is 7.85. The lowest BCUT2D eigenvalue weighted by atomic mass is 10.0. The monoisotopic (exact) mass is 249 g/mol. The molecular formula is C10H19NO4S. The molecule has 6 heteroatoms. The van der Waals surface area contributed by atoms with Gasteiger partial charge in [0, 0.05) is 22.1 Å². The lowest BCUT2D eigenvalue weighted by Crippen LogP contribution is -2.44. The van der Waals surface area contributed by atoms with Gasteiger partial charge in [0.1, 0.15) is 5.75 Å². The molecule has 0 aliphatic carbocycles. The molecule has 94 valence electrons. The third kappa shape index (κ3) is 7.39. The molecule has 1 atom stereocenters. The predicted molar refractivity (Wildman–Crippen MR) is 62.6 cm³/mol. The van der Waals surface area contributed by atoms with E-state index in [2.05, 4.69) is 5.32 Å². The van der Waals surface area contributed by atoms with Crippen molar-refractivity contribution in [1.29, 1.82) is 0 Å². The highest BCUT2D eigenvalue weighted by Gasteiger charge is 2.19. The Balaban J connectivity index is 3.96. The summed E-state index contributed by atoms with van der Waals surface area (Å²) in [5.74, 6) is -1.40. The van der Waals surface area contributed by atoms with Crippen molar-refractivity contribution in [2.45, 2.75) is 39.2 Å². The molecule has 0 heterocycles. The maximum atomic E-state index is 11.4. The molecule has 16 heavy (non-hydrogen) atoms. The number of carboxylic acids is 1. The Hall–Kier alpha value is -0.910. The van der Waals surface area contributed by atoms with Crippen LogP contribution in [-0.2, 0) is 20.4 Å². The third-order valence-corrected chi connectivity index (χ3v) is 3.44. The predicted octanol–water partition coefficient (Wildman–Crippen LogP) is 0.515. The Labute approximate surface area is 98.1 Å². The Morgan fingerprint density at radius 3 is 2.38 bits per heavy atom. The van der Waals surface area contributed by atoms with Crippen LogP contribution in [0.1, 0.15) is 33.6 Å². The topological polar surface area (TPSA) is 83.5 Å². The molecule has 0 aromatic carbocycles. The molecule has 5 nitrogen and oxygen atoms in total. The average molecular weight is 249 g/mol. The first-order valence-electron chi connectivity index (χ1n) is 5.14. The average Bonchev–Trinajstić information content (AvgIpc) is 2.13. The van der Waals surface area contributed by atoms with Crippen LogP contribution in [-0.4, -0.2) is 38.2 Å². The Morgan fingerprint density at radius 1 is 1.38 bits per heavy atom. The van der Waals surface area contributed by atoms with Crippen LogP contribution in [0.15, 0.2) is 0 Å². The molecule has 0 rings (SSSR count). The van der Waals surface area contributed by atoms with Crippen LogP contribution in [0.3, 0.4) is 0 Å². The minimum Gasteiger partial charge on any atom is -0.481 e. The van der Waals surface area contributed by atoms with Crippen molar-refractivity contribution >= 4 is 22.7 Å². The van der Waals surface area contributed by atoms with Gasteiger partial charge in [0.25, 0.3) is 0 Å². The van der Waals surface area contributed by atoms with E-state index < -0.39 is 16.8 Å². The molecule has 0 aliphatic rings. The number of carboxylic acid groups (broad SMARTS) is 1. The maximum absolute atomic E-state index is 11.4. The molecule has 0 aromatic heterocycles. The van der Waals surface area contributed by atoms with E-state index in [1.165, 1.54) is 0 Å². The van der Waals surface area contributed by atoms with Crippen molar-refractivity contribution in [3.05, 3.63) is 0 Å². The van der Waals surface area contributed by atoms with Crippen molar-refractivity contribution in [3.63, 3.8) is 0 Å². The quantitative estimate of drug-likeness (QED) is 0.689. The normalized spacial score (nSPS) is 13.2. The Morgan fingerprint density at radius 2 is 1.94 bits per heavy atom. The van der Waals surface area contributed by atoms with E-state index >= 15 is 0 Å². The Bertz CT molecular complexity index is 289. The summed E-state index contributed by atoms with van der Waals surface area (Å²) < 4.78 is 11.3. The molecule has 0 aliphatic heterocycles. The van der Waals surface area contributed by atoms with Crippen molar-refractivity contribution in [2.75, 3.05) is 11.5 Å².